The molecular formula is C14H27O. The van der Waals surface area contributed by atoms with Gasteiger partial charge in [-0.15, -0.1) is 0 Å². The fraction of sp³-hybridized carbons (Fsp3) is 0.786. The molecular weight excluding hydrogens is 184 g/mol. The van der Waals surface area contributed by atoms with Crippen LogP contribution in [-0.4, -0.2) is 6.61 Å². The lowest BCUT2D eigenvalue weighted by Crippen LogP contribution is -1.92. The Hall–Kier alpha value is -0.300. The molecule has 0 aromatic carbocycles. The van der Waals surface area contributed by atoms with Crippen molar-refractivity contribution in [3.05, 3.63) is 18.8 Å². The second-order valence-corrected chi connectivity index (χ2v) is 4.34. The molecule has 89 valence electrons. The first-order chi connectivity index (χ1) is 7.27. The minimum atomic E-state index is 0.677. The Bertz CT molecular complexity index is 140. The third-order valence-corrected chi connectivity index (χ3v) is 2.37. The summed E-state index contributed by atoms with van der Waals surface area (Å²) in [6, 6.07) is 0. The van der Waals surface area contributed by atoms with E-state index >= 15 is 0 Å². The van der Waals surface area contributed by atoms with Gasteiger partial charge in [-0.2, -0.15) is 0 Å². The summed E-state index contributed by atoms with van der Waals surface area (Å²) in [7, 11) is 0. The highest BCUT2D eigenvalue weighted by Gasteiger charge is 1.92. The molecule has 0 fully saturated rings. The highest BCUT2D eigenvalue weighted by atomic mass is 16.5. The smallest absolute Gasteiger partial charge is 0.0841 e. The van der Waals surface area contributed by atoms with Crippen molar-refractivity contribution in [3.63, 3.8) is 0 Å². The molecule has 1 radical (unpaired) electrons. The third kappa shape index (κ3) is 13.7. The van der Waals surface area contributed by atoms with Crippen LogP contribution >= 0.6 is 0 Å². The van der Waals surface area contributed by atoms with E-state index in [1.165, 1.54) is 44.9 Å². The summed E-state index contributed by atoms with van der Waals surface area (Å²) in [5.41, 5.74) is 1.09. The van der Waals surface area contributed by atoms with E-state index in [9.17, 15) is 0 Å². The number of rotatable bonds is 11. The second kappa shape index (κ2) is 11.8. The predicted octanol–water partition coefficient (Wildman–Crippen LogP) is 4.88. The van der Waals surface area contributed by atoms with Gasteiger partial charge in [-0.05, 0) is 13.3 Å². The Morgan fingerprint density at radius 2 is 1.67 bits per heavy atom. The van der Waals surface area contributed by atoms with Crippen LogP contribution in [0.3, 0.4) is 0 Å². The monoisotopic (exact) mass is 211 g/mol. The average molecular weight is 211 g/mol. The molecule has 0 saturated heterocycles. The molecule has 0 heterocycles. The molecule has 0 N–H and O–H groups in total. The van der Waals surface area contributed by atoms with Crippen LogP contribution in [0.1, 0.15) is 65.2 Å². The van der Waals surface area contributed by atoms with E-state index < -0.39 is 0 Å². The van der Waals surface area contributed by atoms with Crippen LogP contribution in [0.15, 0.2) is 12.2 Å². The van der Waals surface area contributed by atoms with E-state index in [1.54, 1.807) is 0 Å². The zero-order valence-corrected chi connectivity index (χ0v) is 10.6. The zero-order chi connectivity index (χ0) is 11.4. The lowest BCUT2D eigenvalue weighted by Gasteiger charge is -2.03. The minimum Gasteiger partial charge on any atom is -0.371 e. The molecule has 0 rings (SSSR count). The van der Waals surface area contributed by atoms with E-state index in [2.05, 4.69) is 13.5 Å². The Morgan fingerprint density at radius 1 is 1.07 bits per heavy atom. The Morgan fingerprint density at radius 3 is 2.27 bits per heavy atom. The van der Waals surface area contributed by atoms with Gasteiger partial charge in [-0.1, -0.05) is 64.0 Å². The second-order valence-electron chi connectivity index (χ2n) is 4.34. The SMILES string of the molecule is C=C(C)CO[CH]CCCCCCCCC. The number of hydrogen-bond acceptors (Lipinski definition) is 1. The zero-order valence-electron chi connectivity index (χ0n) is 10.6. The largest absolute Gasteiger partial charge is 0.371 e. The first kappa shape index (κ1) is 14.7. The fourth-order valence-corrected chi connectivity index (χ4v) is 1.47. The quantitative estimate of drug-likeness (QED) is 0.349. The third-order valence-electron chi connectivity index (χ3n) is 2.37. The van der Waals surface area contributed by atoms with Crippen LogP contribution in [0.5, 0.6) is 0 Å². The average Bonchev–Trinajstić information content (AvgIpc) is 2.20. The summed E-state index contributed by atoms with van der Waals surface area (Å²) in [4.78, 5) is 0. The van der Waals surface area contributed by atoms with Crippen LogP contribution in [0.25, 0.3) is 0 Å². The molecule has 0 aliphatic carbocycles. The molecule has 0 aromatic heterocycles. The Balaban J connectivity index is 2.89. The standard InChI is InChI=1S/C14H27O/c1-4-5-6-7-8-9-10-11-12-15-13-14(2)3/h12H,2,4-11,13H2,1,3H3. The van der Waals surface area contributed by atoms with Crippen molar-refractivity contribution in [2.75, 3.05) is 6.61 Å². The van der Waals surface area contributed by atoms with E-state index in [0.29, 0.717) is 6.61 Å². The van der Waals surface area contributed by atoms with Crippen LogP contribution in [0.2, 0.25) is 0 Å². The fourth-order valence-electron chi connectivity index (χ4n) is 1.47. The van der Waals surface area contributed by atoms with Crippen LogP contribution in [-0.2, 0) is 4.74 Å². The van der Waals surface area contributed by atoms with Gasteiger partial charge < -0.3 is 4.74 Å². The van der Waals surface area contributed by atoms with Crippen LogP contribution in [0, 0.1) is 6.61 Å². The molecule has 0 unspecified atom stereocenters. The maximum absolute atomic E-state index is 5.32. The minimum absolute atomic E-state index is 0.677. The summed E-state index contributed by atoms with van der Waals surface area (Å²) in [6.45, 7) is 10.6. The van der Waals surface area contributed by atoms with Gasteiger partial charge in [-0.3, -0.25) is 0 Å². The highest BCUT2D eigenvalue weighted by Crippen LogP contribution is 2.09. The van der Waals surface area contributed by atoms with Gasteiger partial charge in [0.05, 0.1) is 13.2 Å². The van der Waals surface area contributed by atoms with Crippen molar-refractivity contribution in [2.45, 2.75) is 65.2 Å². The Labute approximate surface area is 95.9 Å². The van der Waals surface area contributed by atoms with Crippen molar-refractivity contribution in [1.29, 1.82) is 0 Å². The predicted molar refractivity (Wildman–Crippen MR) is 67.7 cm³/mol. The summed E-state index contributed by atoms with van der Waals surface area (Å²) in [5, 5.41) is 0. The molecule has 0 amide bonds. The summed E-state index contributed by atoms with van der Waals surface area (Å²) in [6.07, 6.45) is 10.6. The van der Waals surface area contributed by atoms with E-state index in [4.69, 9.17) is 4.74 Å². The van der Waals surface area contributed by atoms with Crippen LogP contribution in [0.4, 0.5) is 0 Å². The van der Waals surface area contributed by atoms with E-state index in [1.807, 2.05) is 13.5 Å². The summed E-state index contributed by atoms with van der Waals surface area (Å²) < 4.78 is 5.32. The molecule has 0 aliphatic heterocycles. The molecule has 0 bridgehead atoms. The Kier molecular flexibility index (Phi) is 11.5. The van der Waals surface area contributed by atoms with Gasteiger partial charge in [0.15, 0.2) is 0 Å². The maximum Gasteiger partial charge on any atom is 0.0841 e. The molecule has 0 saturated carbocycles. The lowest BCUT2D eigenvalue weighted by atomic mass is 10.1. The van der Waals surface area contributed by atoms with Crippen LogP contribution < -0.4 is 0 Å². The van der Waals surface area contributed by atoms with Crippen molar-refractivity contribution in [2.24, 2.45) is 0 Å². The molecule has 0 aromatic rings. The van der Waals surface area contributed by atoms with Gasteiger partial charge in [0.2, 0.25) is 0 Å². The van der Waals surface area contributed by atoms with Crippen molar-refractivity contribution >= 4 is 0 Å². The number of unbranched alkanes of at least 4 members (excludes halogenated alkanes) is 7. The van der Waals surface area contributed by atoms with Crippen molar-refractivity contribution in [1.82, 2.24) is 0 Å². The van der Waals surface area contributed by atoms with Gasteiger partial charge in [0.1, 0.15) is 0 Å². The first-order valence-corrected chi connectivity index (χ1v) is 6.35. The van der Waals surface area contributed by atoms with Gasteiger partial charge in [-0.25, -0.2) is 0 Å². The summed E-state index contributed by atoms with van der Waals surface area (Å²) in [5.74, 6) is 0. The molecule has 0 spiro atoms. The molecule has 0 atom stereocenters. The first-order valence-electron chi connectivity index (χ1n) is 6.35. The van der Waals surface area contributed by atoms with Gasteiger partial charge in [0, 0.05) is 0 Å². The van der Waals surface area contributed by atoms with Gasteiger partial charge >= 0.3 is 0 Å². The van der Waals surface area contributed by atoms with Crippen molar-refractivity contribution < 1.29 is 4.74 Å². The maximum atomic E-state index is 5.32. The topological polar surface area (TPSA) is 9.23 Å². The highest BCUT2D eigenvalue weighted by molar-refractivity contribution is 4.87. The van der Waals surface area contributed by atoms with Crippen molar-refractivity contribution in [3.8, 4) is 0 Å². The molecule has 0 aliphatic rings. The number of ether oxygens (including phenoxy) is 1. The number of hydrogen-bond donors (Lipinski definition) is 0. The van der Waals surface area contributed by atoms with E-state index in [0.717, 1.165) is 12.0 Å². The lowest BCUT2D eigenvalue weighted by molar-refractivity contribution is 0.215. The summed E-state index contributed by atoms with van der Waals surface area (Å²) >= 11 is 0. The van der Waals surface area contributed by atoms with Gasteiger partial charge in [0.25, 0.3) is 0 Å². The molecule has 1 heteroatoms. The normalized spacial score (nSPS) is 10.5. The molecule has 1 nitrogen and oxygen atoms in total. The molecule has 15 heavy (non-hydrogen) atoms. The van der Waals surface area contributed by atoms with E-state index in [-0.39, 0.29) is 0 Å².